The number of carbonyl (C=O) groups is 1. The number of carbonyl (C=O) groups excluding carboxylic acids is 1. The summed E-state index contributed by atoms with van der Waals surface area (Å²) in [6.07, 6.45) is 1.53. The summed E-state index contributed by atoms with van der Waals surface area (Å²) < 4.78 is 0. The second kappa shape index (κ2) is 4.94. The zero-order valence-corrected chi connectivity index (χ0v) is 9.84. The molecule has 4 heteroatoms. The van der Waals surface area contributed by atoms with Crippen molar-refractivity contribution in [2.24, 2.45) is 5.92 Å². The topological polar surface area (TPSA) is 61.4 Å². The Kier molecular flexibility index (Phi) is 4.11. The van der Waals surface area contributed by atoms with Gasteiger partial charge in [-0.15, -0.1) is 0 Å². The summed E-state index contributed by atoms with van der Waals surface area (Å²) in [4.78, 5) is 10.9. The molecule has 1 aliphatic rings. The van der Waals surface area contributed by atoms with Crippen LogP contribution in [0.4, 0.5) is 0 Å². The smallest absolute Gasteiger partial charge is 0.220 e. The molecule has 0 bridgehead atoms. The third-order valence-corrected chi connectivity index (χ3v) is 3.20. The fraction of sp³-hybridized carbons (Fsp3) is 0.909. The third kappa shape index (κ3) is 3.80. The number of rotatable bonds is 5. The van der Waals surface area contributed by atoms with Gasteiger partial charge in [-0.25, -0.2) is 0 Å². The molecule has 0 aromatic carbocycles. The Balaban J connectivity index is 2.19. The molecule has 0 aliphatic carbocycles. The van der Waals surface area contributed by atoms with Gasteiger partial charge < -0.3 is 15.7 Å². The second-order valence-electron chi connectivity index (χ2n) is 4.95. The van der Waals surface area contributed by atoms with E-state index < -0.39 is 5.60 Å². The molecule has 0 spiro atoms. The molecule has 0 saturated carbocycles. The molecule has 1 aliphatic heterocycles. The zero-order valence-electron chi connectivity index (χ0n) is 9.84. The van der Waals surface area contributed by atoms with Crippen LogP contribution >= 0.6 is 0 Å². The molecule has 0 aromatic rings. The van der Waals surface area contributed by atoms with Crippen molar-refractivity contribution in [1.29, 1.82) is 0 Å². The molecule has 4 nitrogen and oxygen atoms in total. The van der Waals surface area contributed by atoms with Gasteiger partial charge in [-0.05, 0) is 19.3 Å². The highest BCUT2D eigenvalue weighted by molar-refractivity contribution is 5.78. The normalized spacial score (nSPS) is 25.4. The molecule has 1 rings (SSSR count). The van der Waals surface area contributed by atoms with Crippen LogP contribution < -0.4 is 10.6 Å². The Morgan fingerprint density at radius 3 is 2.80 bits per heavy atom. The average molecular weight is 214 g/mol. The first-order valence-corrected chi connectivity index (χ1v) is 5.64. The van der Waals surface area contributed by atoms with Crippen LogP contribution in [0, 0.1) is 5.92 Å². The van der Waals surface area contributed by atoms with Crippen molar-refractivity contribution in [3.8, 4) is 0 Å². The minimum atomic E-state index is -0.678. The Morgan fingerprint density at radius 2 is 2.33 bits per heavy atom. The summed E-state index contributed by atoms with van der Waals surface area (Å²) in [5.74, 6) is 0.362. The minimum Gasteiger partial charge on any atom is -0.389 e. The molecule has 0 radical (unpaired) electrons. The summed E-state index contributed by atoms with van der Waals surface area (Å²) in [6.45, 7) is 7.14. The first-order valence-electron chi connectivity index (χ1n) is 5.64. The molecule has 0 aromatic heterocycles. The fourth-order valence-electron chi connectivity index (χ4n) is 1.53. The molecule has 1 fully saturated rings. The van der Waals surface area contributed by atoms with Crippen molar-refractivity contribution in [3.05, 3.63) is 0 Å². The second-order valence-corrected chi connectivity index (χ2v) is 4.95. The summed E-state index contributed by atoms with van der Waals surface area (Å²) in [5, 5.41) is 16.1. The van der Waals surface area contributed by atoms with Gasteiger partial charge in [-0.1, -0.05) is 13.8 Å². The van der Waals surface area contributed by atoms with Gasteiger partial charge in [0.1, 0.15) is 0 Å². The van der Waals surface area contributed by atoms with Crippen LogP contribution in [0.2, 0.25) is 0 Å². The van der Waals surface area contributed by atoms with Gasteiger partial charge in [0.15, 0.2) is 0 Å². The van der Waals surface area contributed by atoms with Gasteiger partial charge in [-0.3, -0.25) is 4.79 Å². The fourth-order valence-corrected chi connectivity index (χ4v) is 1.53. The van der Waals surface area contributed by atoms with Crippen molar-refractivity contribution in [2.45, 2.75) is 45.3 Å². The van der Waals surface area contributed by atoms with Crippen molar-refractivity contribution in [3.63, 3.8) is 0 Å². The largest absolute Gasteiger partial charge is 0.389 e. The van der Waals surface area contributed by atoms with Crippen LogP contribution in [0.15, 0.2) is 0 Å². The molecule has 15 heavy (non-hydrogen) atoms. The van der Waals surface area contributed by atoms with E-state index in [9.17, 15) is 9.90 Å². The van der Waals surface area contributed by atoms with Crippen LogP contribution in [0.5, 0.6) is 0 Å². The first-order chi connectivity index (χ1) is 6.92. The van der Waals surface area contributed by atoms with E-state index >= 15 is 0 Å². The SMILES string of the molecule is CC(C)C(C)(O)CNCC1CCC(=O)N1. The maximum atomic E-state index is 10.9. The lowest BCUT2D eigenvalue weighted by atomic mass is 9.92. The molecule has 1 heterocycles. The summed E-state index contributed by atoms with van der Waals surface area (Å²) >= 11 is 0. The highest BCUT2D eigenvalue weighted by Gasteiger charge is 2.25. The van der Waals surface area contributed by atoms with Crippen molar-refractivity contribution < 1.29 is 9.90 Å². The maximum Gasteiger partial charge on any atom is 0.220 e. The van der Waals surface area contributed by atoms with Crippen LogP contribution in [-0.2, 0) is 4.79 Å². The Morgan fingerprint density at radius 1 is 1.67 bits per heavy atom. The lowest BCUT2D eigenvalue weighted by Crippen LogP contribution is -2.45. The van der Waals surface area contributed by atoms with Gasteiger partial charge in [0, 0.05) is 25.6 Å². The Hall–Kier alpha value is -0.610. The monoisotopic (exact) mass is 214 g/mol. The lowest BCUT2D eigenvalue weighted by molar-refractivity contribution is -0.119. The lowest BCUT2D eigenvalue weighted by Gasteiger charge is -2.28. The van der Waals surface area contributed by atoms with E-state index in [-0.39, 0.29) is 17.9 Å². The first kappa shape index (κ1) is 12.5. The highest BCUT2D eigenvalue weighted by Crippen LogP contribution is 2.14. The number of aliphatic hydroxyl groups is 1. The predicted molar refractivity (Wildman–Crippen MR) is 59.5 cm³/mol. The quantitative estimate of drug-likeness (QED) is 0.615. The number of hydrogen-bond acceptors (Lipinski definition) is 3. The average Bonchev–Trinajstić information content (AvgIpc) is 2.51. The van der Waals surface area contributed by atoms with E-state index in [1.807, 2.05) is 20.8 Å². The maximum absolute atomic E-state index is 10.9. The summed E-state index contributed by atoms with van der Waals surface area (Å²) in [7, 11) is 0. The van der Waals surface area contributed by atoms with Gasteiger partial charge >= 0.3 is 0 Å². The number of amides is 1. The summed E-state index contributed by atoms with van der Waals surface area (Å²) in [5.41, 5.74) is -0.678. The van der Waals surface area contributed by atoms with Gasteiger partial charge in [0.05, 0.1) is 5.60 Å². The van der Waals surface area contributed by atoms with Gasteiger partial charge in [0.25, 0.3) is 0 Å². The van der Waals surface area contributed by atoms with E-state index in [0.717, 1.165) is 13.0 Å². The molecule has 3 N–H and O–H groups in total. The molecular weight excluding hydrogens is 192 g/mol. The van der Waals surface area contributed by atoms with E-state index in [0.29, 0.717) is 13.0 Å². The number of hydrogen-bond donors (Lipinski definition) is 3. The van der Waals surface area contributed by atoms with Crippen LogP contribution in [0.25, 0.3) is 0 Å². The number of nitrogens with one attached hydrogen (secondary N) is 2. The van der Waals surface area contributed by atoms with Crippen LogP contribution in [-0.4, -0.2) is 35.7 Å². The Labute approximate surface area is 91.4 Å². The molecule has 88 valence electrons. The van der Waals surface area contributed by atoms with Crippen molar-refractivity contribution in [1.82, 2.24) is 10.6 Å². The molecule has 2 unspecified atom stereocenters. The van der Waals surface area contributed by atoms with Crippen LogP contribution in [0.3, 0.4) is 0 Å². The van der Waals surface area contributed by atoms with Crippen molar-refractivity contribution in [2.75, 3.05) is 13.1 Å². The predicted octanol–water partition coefficient (Wildman–Crippen LogP) is 0.262. The van der Waals surface area contributed by atoms with E-state index in [1.54, 1.807) is 0 Å². The van der Waals surface area contributed by atoms with Gasteiger partial charge in [0.2, 0.25) is 5.91 Å². The van der Waals surface area contributed by atoms with E-state index in [2.05, 4.69) is 10.6 Å². The standard InChI is InChI=1S/C11H22N2O2/c1-8(2)11(3,15)7-12-6-9-4-5-10(14)13-9/h8-9,12,15H,4-7H2,1-3H3,(H,13,14). The third-order valence-electron chi connectivity index (χ3n) is 3.20. The minimum absolute atomic E-state index is 0.136. The molecule has 1 saturated heterocycles. The van der Waals surface area contributed by atoms with Crippen molar-refractivity contribution >= 4 is 5.91 Å². The van der Waals surface area contributed by atoms with E-state index in [4.69, 9.17) is 0 Å². The van der Waals surface area contributed by atoms with E-state index in [1.165, 1.54) is 0 Å². The summed E-state index contributed by atoms with van der Waals surface area (Å²) in [6, 6.07) is 0.237. The highest BCUT2D eigenvalue weighted by atomic mass is 16.3. The molecule has 2 atom stereocenters. The van der Waals surface area contributed by atoms with Crippen LogP contribution in [0.1, 0.15) is 33.6 Å². The molecular formula is C11H22N2O2. The molecule has 1 amide bonds. The Bertz CT molecular complexity index is 227. The zero-order chi connectivity index (χ0) is 11.5. The van der Waals surface area contributed by atoms with Gasteiger partial charge in [-0.2, -0.15) is 0 Å².